The molecule has 7 nitrogen and oxygen atoms in total. The molecule has 1 spiro atoms. The van der Waals surface area contributed by atoms with Gasteiger partial charge in [0.15, 0.2) is 0 Å². The molecule has 0 aromatic heterocycles. The number of rotatable bonds is 5. The van der Waals surface area contributed by atoms with Gasteiger partial charge in [-0.3, -0.25) is 19.4 Å². The molecule has 3 fully saturated rings. The van der Waals surface area contributed by atoms with E-state index in [2.05, 4.69) is 15.1 Å². The fourth-order valence-corrected chi connectivity index (χ4v) is 5.34. The minimum Gasteiger partial charge on any atom is -0.392 e. The summed E-state index contributed by atoms with van der Waals surface area (Å²) in [7, 11) is 0. The van der Waals surface area contributed by atoms with Crippen LogP contribution in [0.3, 0.4) is 0 Å². The van der Waals surface area contributed by atoms with Crippen molar-refractivity contribution in [2.45, 2.75) is 50.2 Å². The Morgan fingerprint density at radius 1 is 1.16 bits per heavy atom. The van der Waals surface area contributed by atoms with Crippen molar-refractivity contribution in [2.24, 2.45) is 0 Å². The zero-order valence-electron chi connectivity index (χ0n) is 18.1. The highest BCUT2D eigenvalue weighted by atomic mass is 19.4. The van der Waals surface area contributed by atoms with Gasteiger partial charge in [0.05, 0.1) is 17.2 Å². The number of carbonyl (C=O) groups excluding carboxylic acids is 2. The second-order valence-electron chi connectivity index (χ2n) is 9.27. The number of fused-ring (bicyclic) bond motifs is 2. The van der Waals surface area contributed by atoms with Gasteiger partial charge in [-0.05, 0) is 24.1 Å². The third-order valence-electron chi connectivity index (χ3n) is 6.71. The largest absolute Gasteiger partial charge is 0.416 e. The van der Waals surface area contributed by atoms with Crippen LogP contribution in [0.1, 0.15) is 30.9 Å². The summed E-state index contributed by atoms with van der Waals surface area (Å²) in [4.78, 5) is 30.1. The van der Waals surface area contributed by atoms with E-state index in [0.29, 0.717) is 52.2 Å². The molecule has 1 aromatic carbocycles. The van der Waals surface area contributed by atoms with Crippen LogP contribution in [-0.2, 0) is 22.3 Å². The highest BCUT2D eigenvalue weighted by molar-refractivity contribution is 5.78. The van der Waals surface area contributed by atoms with E-state index in [-0.39, 0.29) is 29.8 Å². The van der Waals surface area contributed by atoms with E-state index in [1.807, 2.05) is 4.90 Å². The first-order valence-electron chi connectivity index (χ1n) is 10.9. The number of carbonyl (C=O) groups is 2. The van der Waals surface area contributed by atoms with Crippen molar-refractivity contribution in [3.05, 3.63) is 35.4 Å². The van der Waals surface area contributed by atoms with Crippen LogP contribution in [-0.4, -0.2) is 88.6 Å². The number of piperazine rings is 1. The summed E-state index contributed by atoms with van der Waals surface area (Å²) >= 11 is 0. The molecule has 32 heavy (non-hydrogen) atoms. The number of aliphatic hydroxyl groups is 1. The van der Waals surface area contributed by atoms with Gasteiger partial charge < -0.3 is 15.3 Å². The van der Waals surface area contributed by atoms with Crippen LogP contribution in [0.2, 0.25) is 0 Å². The summed E-state index contributed by atoms with van der Waals surface area (Å²) < 4.78 is 38.4. The SMILES string of the molecule is CC(=O)NCCC(=O)N1C[C@@H]2C[C@@H](O)CN2C2(CN(Cc3ccc(C(F)(F)F)cc3)C2)C1. The predicted molar refractivity (Wildman–Crippen MR) is 110 cm³/mol. The van der Waals surface area contributed by atoms with Crippen molar-refractivity contribution >= 4 is 11.8 Å². The van der Waals surface area contributed by atoms with Crippen LogP contribution in [0.15, 0.2) is 24.3 Å². The Morgan fingerprint density at radius 3 is 2.47 bits per heavy atom. The molecule has 2 atom stereocenters. The van der Waals surface area contributed by atoms with Crippen LogP contribution in [0.4, 0.5) is 13.2 Å². The van der Waals surface area contributed by atoms with Gasteiger partial charge in [0, 0.05) is 65.2 Å². The van der Waals surface area contributed by atoms with E-state index in [9.17, 15) is 27.9 Å². The molecule has 2 N–H and O–H groups in total. The topological polar surface area (TPSA) is 76.1 Å². The van der Waals surface area contributed by atoms with Crippen molar-refractivity contribution in [3.8, 4) is 0 Å². The molecule has 176 valence electrons. The third kappa shape index (κ3) is 4.77. The van der Waals surface area contributed by atoms with E-state index < -0.39 is 17.8 Å². The first kappa shape index (κ1) is 23.0. The minimum absolute atomic E-state index is 0.0136. The van der Waals surface area contributed by atoms with E-state index in [4.69, 9.17) is 0 Å². The predicted octanol–water partition coefficient (Wildman–Crippen LogP) is 1.06. The number of aliphatic hydroxyl groups excluding tert-OH is 1. The fourth-order valence-electron chi connectivity index (χ4n) is 5.34. The second kappa shape index (κ2) is 8.64. The number of amides is 2. The molecule has 10 heteroatoms. The van der Waals surface area contributed by atoms with Gasteiger partial charge in [0.25, 0.3) is 0 Å². The number of hydrogen-bond acceptors (Lipinski definition) is 5. The van der Waals surface area contributed by atoms with Crippen LogP contribution in [0.25, 0.3) is 0 Å². The summed E-state index contributed by atoms with van der Waals surface area (Å²) in [6, 6.07) is 5.32. The van der Waals surface area contributed by atoms with Crippen LogP contribution in [0.5, 0.6) is 0 Å². The Morgan fingerprint density at radius 2 is 1.84 bits per heavy atom. The van der Waals surface area contributed by atoms with Gasteiger partial charge in [0.1, 0.15) is 0 Å². The quantitative estimate of drug-likeness (QED) is 0.696. The summed E-state index contributed by atoms with van der Waals surface area (Å²) in [5, 5.41) is 12.9. The van der Waals surface area contributed by atoms with Gasteiger partial charge in [-0.1, -0.05) is 12.1 Å². The van der Waals surface area contributed by atoms with Gasteiger partial charge in [0.2, 0.25) is 11.8 Å². The highest BCUT2D eigenvalue weighted by Gasteiger charge is 2.56. The average Bonchev–Trinajstić information content (AvgIpc) is 3.06. The summed E-state index contributed by atoms with van der Waals surface area (Å²) in [5.41, 5.74) is -0.100. The highest BCUT2D eigenvalue weighted by Crippen LogP contribution is 2.39. The maximum absolute atomic E-state index is 12.8. The molecule has 3 aliphatic rings. The monoisotopic (exact) mass is 454 g/mol. The van der Waals surface area contributed by atoms with Crippen molar-refractivity contribution in [1.82, 2.24) is 20.0 Å². The molecular formula is C22H29F3N4O3. The Bertz CT molecular complexity index is 855. The fraction of sp³-hybridized carbons (Fsp3) is 0.636. The molecule has 0 radical (unpaired) electrons. The number of likely N-dealkylation sites (tertiary alicyclic amines) is 1. The maximum atomic E-state index is 12.8. The molecule has 0 saturated carbocycles. The molecule has 0 bridgehead atoms. The van der Waals surface area contributed by atoms with Crippen LogP contribution >= 0.6 is 0 Å². The van der Waals surface area contributed by atoms with Gasteiger partial charge in [-0.2, -0.15) is 13.2 Å². The number of halogens is 3. The average molecular weight is 454 g/mol. The summed E-state index contributed by atoms with van der Waals surface area (Å²) in [6.45, 7) is 5.32. The van der Waals surface area contributed by atoms with Crippen LogP contribution < -0.4 is 5.32 Å². The first-order valence-corrected chi connectivity index (χ1v) is 10.9. The molecule has 2 amide bonds. The Hall–Kier alpha value is -2.17. The van der Waals surface area contributed by atoms with Crippen molar-refractivity contribution < 1.29 is 27.9 Å². The molecule has 0 aliphatic carbocycles. The first-order chi connectivity index (χ1) is 15.1. The molecule has 3 saturated heterocycles. The van der Waals surface area contributed by atoms with Gasteiger partial charge in [-0.25, -0.2) is 0 Å². The van der Waals surface area contributed by atoms with E-state index in [0.717, 1.165) is 17.7 Å². The van der Waals surface area contributed by atoms with Crippen molar-refractivity contribution in [2.75, 3.05) is 39.3 Å². The molecule has 1 aromatic rings. The number of nitrogens with one attached hydrogen (secondary N) is 1. The normalized spacial score (nSPS) is 25.5. The van der Waals surface area contributed by atoms with E-state index >= 15 is 0 Å². The minimum atomic E-state index is -4.34. The standard InChI is InChI=1S/C22H29F3N4O3/c1-15(30)26-7-6-20(32)28-10-18-8-19(31)11-29(18)21(14-28)12-27(13-21)9-16-2-4-17(5-3-16)22(23,24)25/h2-5,18-19,31H,6-14H2,1H3,(H,26,30)/t18-,19+/m0/s1. The zero-order chi connectivity index (χ0) is 23.1. The van der Waals surface area contributed by atoms with E-state index in [1.54, 1.807) is 0 Å². The molecule has 0 unspecified atom stereocenters. The number of nitrogens with zero attached hydrogens (tertiary/aromatic N) is 3. The lowest BCUT2D eigenvalue weighted by Gasteiger charge is -2.61. The van der Waals surface area contributed by atoms with Gasteiger partial charge in [-0.15, -0.1) is 0 Å². The second-order valence-corrected chi connectivity index (χ2v) is 9.27. The van der Waals surface area contributed by atoms with E-state index in [1.165, 1.54) is 19.1 Å². The summed E-state index contributed by atoms with van der Waals surface area (Å²) in [5.74, 6) is -0.184. The molecule has 4 rings (SSSR count). The lowest BCUT2D eigenvalue weighted by molar-refractivity contribution is -0.151. The van der Waals surface area contributed by atoms with Crippen molar-refractivity contribution in [3.63, 3.8) is 0 Å². The third-order valence-corrected chi connectivity index (χ3v) is 6.71. The molecular weight excluding hydrogens is 425 g/mol. The zero-order valence-corrected chi connectivity index (χ0v) is 18.1. The van der Waals surface area contributed by atoms with Crippen molar-refractivity contribution in [1.29, 1.82) is 0 Å². The molecule has 3 heterocycles. The summed E-state index contributed by atoms with van der Waals surface area (Å²) in [6.07, 6.45) is -3.91. The number of β-amino-alcohol motifs (C(OH)–C–C–N with tert-alkyl or cyclic N) is 1. The Labute approximate surface area is 185 Å². The number of alkyl halides is 3. The van der Waals surface area contributed by atoms with Crippen LogP contribution in [0, 0.1) is 0 Å². The Kier molecular flexibility index (Phi) is 6.21. The number of benzene rings is 1. The Balaban J connectivity index is 1.39. The molecule has 3 aliphatic heterocycles. The van der Waals surface area contributed by atoms with Gasteiger partial charge >= 0.3 is 6.18 Å². The lowest BCUT2D eigenvalue weighted by Crippen LogP contribution is -2.78. The lowest BCUT2D eigenvalue weighted by atomic mass is 9.83. The number of hydrogen-bond donors (Lipinski definition) is 2. The maximum Gasteiger partial charge on any atom is 0.416 e. The smallest absolute Gasteiger partial charge is 0.392 e.